The molecule has 0 spiro atoms. The number of amides is 2. The van der Waals surface area contributed by atoms with Crippen LogP contribution in [0.2, 0.25) is 0 Å². The predicted octanol–water partition coefficient (Wildman–Crippen LogP) is 2.93. The fourth-order valence-corrected chi connectivity index (χ4v) is 2.35. The summed E-state index contributed by atoms with van der Waals surface area (Å²) in [7, 11) is -4.13. The van der Waals surface area contributed by atoms with E-state index >= 15 is 0 Å². The molecule has 0 aliphatic heterocycles. The number of rotatable bonds is 11. The second-order valence-electron chi connectivity index (χ2n) is 6.12. The first-order chi connectivity index (χ1) is 14.2. The summed E-state index contributed by atoms with van der Waals surface area (Å²) in [6.07, 6.45) is 5.73. The highest BCUT2D eigenvalue weighted by Gasteiger charge is 2.08. The molecule has 0 aliphatic rings. The van der Waals surface area contributed by atoms with Gasteiger partial charge in [0.15, 0.2) is 0 Å². The molecule has 0 atom stereocenters. The van der Waals surface area contributed by atoms with Crippen molar-refractivity contribution in [1.29, 1.82) is 0 Å². The number of hydrogen-bond donors (Lipinski definition) is 3. The molecule has 10 heteroatoms. The summed E-state index contributed by atoms with van der Waals surface area (Å²) in [5.41, 5.74) is 1.63. The minimum absolute atomic E-state index is 0.197. The van der Waals surface area contributed by atoms with E-state index in [9.17, 15) is 18.0 Å². The van der Waals surface area contributed by atoms with Crippen LogP contribution in [0.5, 0.6) is 0 Å². The molecule has 3 N–H and O–H groups in total. The molecule has 0 unspecified atom stereocenters. The normalized spacial score (nSPS) is 12.3. The standard InChI is InChI=1S/C20H26N4O5S/c1-4-12-21-19(25)15(3)6-9-17(5-2)23-24-18-10-7-16(8-11-18)20(26)22-13-14-30(27,28)29/h5-11H,3-4,12-14H2,1-2H3,(H,21,25)(H,22,26)(H,27,28,29)/b9-6-,17-5+,24-23?. The maximum atomic E-state index is 11.9. The van der Waals surface area contributed by atoms with Gasteiger partial charge in [0.05, 0.1) is 17.1 Å². The summed E-state index contributed by atoms with van der Waals surface area (Å²) in [6.45, 7) is 7.83. The van der Waals surface area contributed by atoms with Gasteiger partial charge >= 0.3 is 0 Å². The number of nitrogens with one attached hydrogen (secondary N) is 2. The van der Waals surface area contributed by atoms with Crippen LogP contribution >= 0.6 is 0 Å². The Morgan fingerprint density at radius 2 is 1.80 bits per heavy atom. The van der Waals surface area contributed by atoms with Crippen molar-refractivity contribution < 1.29 is 22.6 Å². The summed E-state index contributed by atoms with van der Waals surface area (Å²) in [6, 6.07) is 6.19. The van der Waals surface area contributed by atoms with Crippen LogP contribution in [0, 0.1) is 0 Å². The second-order valence-corrected chi connectivity index (χ2v) is 7.69. The Hall–Kier alpha value is -3.11. The molecular weight excluding hydrogens is 408 g/mol. The SMILES string of the molecule is C=C(/C=C\C(=C/C)N=Nc1ccc(C(=O)NCCS(=O)(=O)O)cc1)C(=O)NCCC. The lowest BCUT2D eigenvalue weighted by Gasteiger charge is -2.04. The van der Waals surface area contributed by atoms with Crippen molar-refractivity contribution in [1.82, 2.24) is 10.6 Å². The van der Waals surface area contributed by atoms with Gasteiger partial charge in [0.2, 0.25) is 0 Å². The quantitative estimate of drug-likeness (QED) is 0.213. The molecule has 0 fully saturated rings. The zero-order valence-corrected chi connectivity index (χ0v) is 17.8. The summed E-state index contributed by atoms with van der Waals surface area (Å²) in [4.78, 5) is 23.7. The molecule has 0 radical (unpaired) electrons. The molecule has 0 aromatic heterocycles. The minimum atomic E-state index is -4.13. The van der Waals surface area contributed by atoms with Gasteiger partial charge in [0, 0.05) is 24.2 Å². The fourth-order valence-electron chi connectivity index (χ4n) is 1.99. The van der Waals surface area contributed by atoms with Gasteiger partial charge in [0.1, 0.15) is 0 Å². The number of carbonyl (C=O) groups is 2. The number of carbonyl (C=O) groups excluding carboxylic acids is 2. The van der Waals surface area contributed by atoms with Gasteiger partial charge in [-0.15, -0.1) is 0 Å². The van der Waals surface area contributed by atoms with Gasteiger partial charge < -0.3 is 10.6 Å². The van der Waals surface area contributed by atoms with E-state index in [1.54, 1.807) is 37.3 Å². The first kappa shape index (κ1) is 24.9. The maximum Gasteiger partial charge on any atom is 0.266 e. The highest BCUT2D eigenvalue weighted by molar-refractivity contribution is 7.85. The van der Waals surface area contributed by atoms with E-state index in [0.29, 0.717) is 29.1 Å². The van der Waals surface area contributed by atoms with E-state index in [-0.39, 0.29) is 12.5 Å². The molecule has 30 heavy (non-hydrogen) atoms. The number of benzene rings is 1. The van der Waals surface area contributed by atoms with Crippen LogP contribution < -0.4 is 10.6 Å². The molecule has 0 bridgehead atoms. The number of hydrogen-bond acceptors (Lipinski definition) is 6. The first-order valence-electron chi connectivity index (χ1n) is 9.23. The third kappa shape index (κ3) is 9.89. The Kier molecular flexibility index (Phi) is 10.3. The fraction of sp³-hybridized carbons (Fsp3) is 0.300. The lowest BCUT2D eigenvalue weighted by atomic mass is 10.2. The largest absolute Gasteiger partial charge is 0.352 e. The van der Waals surface area contributed by atoms with Crippen molar-refractivity contribution >= 4 is 27.6 Å². The van der Waals surface area contributed by atoms with Gasteiger partial charge in [-0.1, -0.05) is 19.6 Å². The Balaban J connectivity index is 2.66. The predicted molar refractivity (Wildman–Crippen MR) is 115 cm³/mol. The van der Waals surface area contributed by atoms with Gasteiger partial charge in [0.25, 0.3) is 21.9 Å². The molecule has 2 amide bonds. The molecule has 1 aromatic rings. The maximum absolute atomic E-state index is 11.9. The highest BCUT2D eigenvalue weighted by atomic mass is 32.2. The molecule has 0 heterocycles. The van der Waals surface area contributed by atoms with Crippen LogP contribution in [-0.2, 0) is 14.9 Å². The van der Waals surface area contributed by atoms with Crippen LogP contribution in [0.3, 0.4) is 0 Å². The average Bonchev–Trinajstić information content (AvgIpc) is 2.71. The van der Waals surface area contributed by atoms with E-state index in [0.717, 1.165) is 6.42 Å². The minimum Gasteiger partial charge on any atom is -0.352 e. The van der Waals surface area contributed by atoms with E-state index in [1.807, 2.05) is 6.92 Å². The summed E-state index contributed by atoms with van der Waals surface area (Å²) in [5, 5.41) is 13.3. The van der Waals surface area contributed by atoms with E-state index in [2.05, 4.69) is 27.4 Å². The van der Waals surface area contributed by atoms with Crippen molar-refractivity contribution in [3.05, 3.63) is 65.9 Å². The second kappa shape index (κ2) is 12.5. The van der Waals surface area contributed by atoms with Gasteiger partial charge in [-0.25, -0.2) is 0 Å². The topological polar surface area (TPSA) is 137 Å². The molecule has 0 aliphatic carbocycles. The van der Waals surface area contributed by atoms with Crippen molar-refractivity contribution in [2.45, 2.75) is 20.3 Å². The van der Waals surface area contributed by atoms with E-state index in [1.165, 1.54) is 12.1 Å². The highest BCUT2D eigenvalue weighted by Crippen LogP contribution is 2.15. The number of allylic oxidation sites excluding steroid dienone is 2. The molecular formula is C20H26N4O5S. The lowest BCUT2D eigenvalue weighted by Crippen LogP contribution is -2.28. The number of azo groups is 1. The molecule has 1 aromatic carbocycles. The van der Waals surface area contributed by atoms with Crippen LogP contribution in [0.25, 0.3) is 0 Å². The monoisotopic (exact) mass is 434 g/mol. The van der Waals surface area contributed by atoms with Crippen LogP contribution in [-0.4, -0.2) is 43.6 Å². The van der Waals surface area contributed by atoms with E-state index in [4.69, 9.17) is 4.55 Å². The zero-order chi connectivity index (χ0) is 22.6. The van der Waals surface area contributed by atoms with Crippen molar-refractivity contribution in [2.24, 2.45) is 10.2 Å². The van der Waals surface area contributed by atoms with Crippen molar-refractivity contribution in [3.63, 3.8) is 0 Å². The summed E-state index contributed by atoms with van der Waals surface area (Å²) in [5.74, 6) is -1.28. The Labute approximate surface area is 176 Å². The van der Waals surface area contributed by atoms with Gasteiger partial charge in [-0.3, -0.25) is 14.1 Å². The Bertz CT molecular complexity index is 948. The number of nitrogens with zero attached hydrogens (tertiary/aromatic N) is 2. The molecule has 162 valence electrons. The molecule has 0 saturated heterocycles. The van der Waals surface area contributed by atoms with Crippen molar-refractivity contribution in [2.75, 3.05) is 18.8 Å². The van der Waals surface area contributed by atoms with Crippen molar-refractivity contribution in [3.8, 4) is 0 Å². The van der Waals surface area contributed by atoms with Gasteiger partial charge in [-0.05, 0) is 49.8 Å². The summed E-state index contributed by atoms with van der Waals surface area (Å²) >= 11 is 0. The first-order valence-corrected chi connectivity index (χ1v) is 10.8. The Morgan fingerprint density at radius 3 is 2.37 bits per heavy atom. The molecule has 1 rings (SSSR count). The smallest absolute Gasteiger partial charge is 0.266 e. The van der Waals surface area contributed by atoms with Crippen LogP contribution in [0.1, 0.15) is 30.6 Å². The Morgan fingerprint density at radius 1 is 1.13 bits per heavy atom. The van der Waals surface area contributed by atoms with Crippen LogP contribution in [0.15, 0.2) is 70.6 Å². The third-order valence-electron chi connectivity index (χ3n) is 3.63. The third-order valence-corrected chi connectivity index (χ3v) is 4.35. The summed E-state index contributed by atoms with van der Waals surface area (Å²) < 4.78 is 30.0. The van der Waals surface area contributed by atoms with Gasteiger partial charge in [-0.2, -0.15) is 18.6 Å². The molecule has 0 saturated carbocycles. The molecule has 9 nitrogen and oxygen atoms in total. The average molecular weight is 435 g/mol. The zero-order valence-electron chi connectivity index (χ0n) is 17.0. The van der Waals surface area contributed by atoms with Crippen LogP contribution in [0.4, 0.5) is 5.69 Å². The lowest BCUT2D eigenvalue weighted by molar-refractivity contribution is -0.117. The van der Waals surface area contributed by atoms with E-state index < -0.39 is 21.8 Å².